The first-order valence-electron chi connectivity index (χ1n) is 7.60. The molecule has 0 fully saturated rings. The molecule has 0 unspecified atom stereocenters. The van der Waals surface area contributed by atoms with Crippen molar-refractivity contribution in [1.29, 1.82) is 0 Å². The Labute approximate surface area is 148 Å². The number of nitro benzene ring substituents is 1. The van der Waals surface area contributed by atoms with Crippen molar-refractivity contribution < 1.29 is 9.34 Å². The molecule has 0 radical (unpaired) electrons. The molecular weight excluding hydrogens is 338 g/mol. The van der Waals surface area contributed by atoms with Crippen molar-refractivity contribution in [3.05, 3.63) is 57.8 Å². The number of hydrogen-bond acceptors (Lipinski definition) is 9. The molecule has 3 aromatic rings. The summed E-state index contributed by atoms with van der Waals surface area (Å²) in [5, 5.41) is 12.2. The molecule has 0 spiro atoms. The van der Waals surface area contributed by atoms with Gasteiger partial charge in [0.15, 0.2) is 11.6 Å². The van der Waals surface area contributed by atoms with E-state index in [1.165, 1.54) is 17.3 Å². The fourth-order valence-corrected chi connectivity index (χ4v) is 2.59. The summed E-state index contributed by atoms with van der Waals surface area (Å²) >= 11 is 0. The third kappa shape index (κ3) is 3.26. The van der Waals surface area contributed by atoms with Crippen LogP contribution in [0.3, 0.4) is 0 Å². The highest BCUT2D eigenvalue weighted by molar-refractivity contribution is 5.79. The number of aryl methyl sites for hydroxylation is 1. The number of anilines is 3. The summed E-state index contributed by atoms with van der Waals surface area (Å²) < 4.78 is 5.31. The molecule has 0 atom stereocenters. The lowest BCUT2D eigenvalue weighted by molar-refractivity contribution is -0.385. The van der Waals surface area contributed by atoms with Gasteiger partial charge in [0.25, 0.3) is 5.69 Å². The van der Waals surface area contributed by atoms with Crippen molar-refractivity contribution in [2.24, 2.45) is 5.84 Å². The van der Waals surface area contributed by atoms with Gasteiger partial charge in [-0.25, -0.2) is 10.8 Å². The van der Waals surface area contributed by atoms with E-state index in [9.17, 15) is 10.1 Å². The summed E-state index contributed by atoms with van der Waals surface area (Å²) in [5.74, 6) is 6.78. The maximum Gasteiger partial charge on any atom is 0.272 e. The van der Waals surface area contributed by atoms with Crippen LogP contribution in [0.2, 0.25) is 0 Å². The summed E-state index contributed by atoms with van der Waals surface area (Å²) in [6, 6.07) is 8.14. The fraction of sp³-hybridized carbons (Fsp3) is 0.125. The second kappa shape index (κ2) is 6.69. The number of nitro groups is 1. The van der Waals surface area contributed by atoms with Crippen LogP contribution in [0.15, 0.2) is 41.0 Å². The molecule has 0 aliphatic heterocycles. The van der Waals surface area contributed by atoms with Crippen LogP contribution in [0, 0.1) is 17.0 Å². The first kappa shape index (κ1) is 17.2. The predicted molar refractivity (Wildman–Crippen MR) is 96.8 cm³/mol. The van der Waals surface area contributed by atoms with Gasteiger partial charge in [0.1, 0.15) is 11.4 Å². The van der Waals surface area contributed by atoms with Gasteiger partial charge in [0.05, 0.1) is 17.7 Å². The van der Waals surface area contributed by atoms with Gasteiger partial charge in [0.2, 0.25) is 5.95 Å². The zero-order chi connectivity index (χ0) is 18.8. The highest BCUT2D eigenvalue weighted by Gasteiger charge is 2.19. The van der Waals surface area contributed by atoms with E-state index in [1.807, 2.05) is 0 Å². The Balaban J connectivity index is 1.92. The lowest BCUT2D eigenvalue weighted by Crippen LogP contribution is -2.32. The number of furan rings is 1. The van der Waals surface area contributed by atoms with E-state index in [1.54, 1.807) is 31.2 Å². The second-order valence-electron chi connectivity index (χ2n) is 5.65. The first-order valence-corrected chi connectivity index (χ1v) is 7.60. The van der Waals surface area contributed by atoms with Gasteiger partial charge < -0.3 is 15.9 Å². The van der Waals surface area contributed by atoms with Gasteiger partial charge in [-0.2, -0.15) is 4.98 Å². The Morgan fingerprint density at radius 3 is 2.65 bits per heavy atom. The maximum absolute atomic E-state index is 10.9. The van der Waals surface area contributed by atoms with E-state index in [0.717, 1.165) is 5.56 Å². The Kier molecular flexibility index (Phi) is 4.42. The van der Waals surface area contributed by atoms with Crippen molar-refractivity contribution in [2.45, 2.75) is 13.5 Å². The minimum Gasteiger partial charge on any atom is -0.463 e. The average Bonchev–Trinajstić information content (AvgIpc) is 3.10. The SMILES string of the molecule is Cc1cc(CN(N)c2nc(N)nc(-c3ccco3)c2N)ccc1[N+](=O)[O-]. The van der Waals surface area contributed by atoms with Crippen LogP contribution in [0.1, 0.15) is 11.1 Å². The van der Waals surface area contributed by atoms with Crippen LogP contribution in [-0.2, 0) is 6.54 Å². The average molecular weight is 355 g/mol. The third-order valence-electron chi connectivity index (χ3n) is 3.78. The molecule has 3 rings (SSSR count). The minimum absolute atomic E-state index is 0.00377. The number of nitrogens with zero attached hydrogens (tertiary/aromatic N) is 4. The van der Waals surface area contributed by atoms with Gasteiger partial charge in [-0.1, -0.05) is 6.07 Å². The fourth-order valence-electron chi connectivity index (χ4n) is 2.59. The molecule has 26 heavy (non-hydrogen) atoms. The molecule has 6 N–H and O–H groups in total. The Morgan fingerprint density at radius 2 is 2.04 bits per heavy atom. The normalized spacial score (nSPS) is 10.7. The van der Waals surface area contributed by atoms with Crippen LogP contribution >= 0.6 is 0 Å². The molecule has 0 bridgehead atoms. The van der Waals surface area contributed by atoms with Gasteiger partial charge in [-0.05, 0) is 30.7 Å². The molecule has 0 saturated carbocycles. The Morgan fingerprint density at radius 1 is 1.27 bits per heavy atom. The molecule has 0 aliphatic rings. The van der Waals surface area contributed by atoms with Crippen LogP contribution in [0.5, 0.6) is 0 Å². The maximum atomic E-state index is 10.9. The molecule has 0 aliphatic carbocycles. The lowest BCUT2D eigenvalue weighted by atomic mass is 10.1. The van der Waals surface area contributed by atoms with Crippen LogP contribution < -0.4 is 22.3 Å². The smallest absolute Gasteiger partial charge is 0.272 e. The van der Waals surface area contributed by atoms with Crippen LogP contribution in [-0.4, -0.2) is 14.9 Å². The van der Waals surface area contributed by atoms with Crippen molar-refractivity contribution in [3.8, 4) is 11.5 Å². The van der Waals surface area contributed by atoms with Crippen molar-refractivity contribution in [1.82, 2.24) is 9.97 Å². The third-order valence-corrected chi connectivity index (χ3v) is 3.78. The van der Waals surface area contributed by atoms with Crippen molar-refractivity contribution >= 4 is 23.1 Å². The van der Waals surface area contributed by atoms with Gasteiger partial charge >= 0.3 is 0 Å². The van der Waals surface area contributed by atoms with Crippen molar-refractivity contribution in [2.75, 3.05) is 16.5 Å². The Hall–Kier alpha value is -3.66. The van der Waals surface area contributed by atoms with Gasteiger partial charge in [-0.15, -0.1) is 0 Å². The van der Waals surface area contributed by atoms with E-state index in [4.69, 9.17) is 21.7 Å². The van der Waals surface area contributed by atoms with E-state index >= 15 is 0 Å². The molecular formula is C16H17N7O3. The van der Waals surface area contributed by atoms with Crippen molar-refractivity contribution in [3.63, 3.8) is 0 Å². The molecule has 10 nitrogen and oxygen atoms in total. The Bertz CT molecular complexity index is 957. The number of hydrogen-bond donors (Lipinski definition) is 3. The summed E-state index contributed by atoms with van der Waals surface area (Å²) in [5.41, 5.74) is 13.8. The summed E-state index contributed by atoms with van der Waals surface area (Å²) in [4.78, 5) is 18.7. The van der Waals surface area contributed by atoms with E-state index in [0.29, 0.717) is 17.0 Å². The van der Waals surface area contributed by atoms with E-state index < -0.39 is 4.92 Å². The molecule has 0 amide bonds. The van der Waals surface area contributed by atoms with E-state index in [-0.39, 0.29) is 29.7 Å². The highest BCUT2D eigenvalue weighted by Crippen LogP contribution is 2.31. The largest absolute Gasteiger partial charge is 0.463 e. The topological polar surface area (TPSA) is 163 Å². The zero-order valence-electron chi connectivity index (χ0n) is 13.9. The summed E-state index contributed by atoms with van der Waals surface area (Å²) in [6.07, 6.45) is 1.49. The number of aromatic nitrogens is 2. The second-order valence-corrected chi connectivity index (χ2v) is 5.65. The molecule has 2 heterocycles. The monoisotopic (exact) mass is 355 g/mol. The zero-order valence-corrected chi connectivity index (χ0v) is 13.9. The molecule has 10 heteroatoms. The molecule has 1 aromatic carbocycles. The number of hydrazine groups is 1. The number of benzene rings is 1. The van der Waals surface area contributed by atoms with Crippen LogP contribution in [0.4, 0.5) is 23.1 Å². The number of rotatable bonds is 5. The molecule has 2 aromatic heterocycles. The summed E-state index contributed by atoms with van der Waals surface area (Å²) in [6.45, 7) is 1.88. The highest BCUT2D eigenvalue weighted by atomic mass is 16.6. The molecule has 0 saturated heterocycles. The van der Waals surface area contributed by atoms with Crippen LogP contribution in [0.25, 0.3) is 11.5 Å². The standard InChI is InChI=1S/C16H17N7O3/c1-9-7-10(4-5-11(9)23(24)25)8-22(19)15-13(17)14(20-16(18)21-15)12-3-2-6-26-12/h2-7H,8,17,19H2,1H3,(H2,18,20,21). The lowest BCUT2D eigenvalue weighted by Gasteiger charge is -2.20. The van der Waals surface area contributed by atoms with Gasteiger partial charge in [-0.3, -0.25) is 15.1 Å². The number of nitrogen functional groups attached to an aromatic ring is 2. The minimum atomic E-state index is -0.432. The number of nitrogens with two attached hydrogens (primary N) is 3. The van der Waals surface area contributed by atoms with E-state index in [2.05, 4.69) is 9.97 Å². The summed E-state index contributed by atoms with van der Waals surface area (Å²) in [7, 11) is 0. The molecule has 134 valence electrons. The first-order chi connectivity index (χ1) is 12.4. The quantitative estimate of drug-likeness (QED) is 0.352. The predicted octanol–water partition coefficient (Wildman–Crippen LogP) is 2.00. The van der Waals surface area contributed by atoms with Gasteiger partial charge in [0, 0.05) is 11.6 Å².